The van der Waals surface area contributed by atoms with E-state index in [9.17, 15) is 14.3 Å². The van der Waals surface area contributed by atoms with E-state index in [0.29, 0.717) is 16.5 Å². The highest BCUT2D eigenvalue weighted by Gasteiger charge is 2.28. The van der Waals surface area contributed by atoms with Crippen molar-refractivity contribution in [2.45, 2.75) is 26.2 Å². The van der Waals surface area contributed by atoms with E-state index in [1.807, 2.05) is 20.8 Å². The van der Waals surface area contributed by atoms with Crippen molar-refractivity contribution in [2.24, 2.45) is 0 Å². The van der Waals surface area contributed by atoms with Crippen LogP contribution in [0.5, 0.6) is 0 Å². The molecule has 1 N–H and O–H groups in total. The Morgan fingerprint density at radius 1 is 1.33 bits per heavy atom. The van der Waals surface area contributed by atoms with E-state index >= 15 is 0 Å². The lowest BCUT2D eigenvalue weighted by atomic mass is 9.91. The van der Waals surface area contributed by atoms with E-state index in [2.05, 4.69) is 4.98 Å². The fourth-order valence-electron chi connectivity index (χ4n) is 1.93. The third-order valence-corrected chi connectivity index (χ3v) is 4.14. The quantitative estimate of drug-likeness (QED) is 0.929. The molecule has 0 atom stereocenters. The van der Waals surface area contributed by atoms with Crippen molar-refractivity contribution in [3.05, 3.63) is 40.7 Å². The van der Waals surface area contributed by atoms with Gasteiger partial charge in [0.2, 0.25) is 0 Å². The van der Waals surface area contributed by atoms with Crippen molar-refractivity contribution in [3.63, 3.8) is 0 Å². The molecule has 1 aromatic carbocycles. The highest BCUT2D eigenvalue weighted by molar-refractivity contribution is 7.17. The predicted molar refractivity (Wildman–Crippen MR) is 82.2 cm³/mol. The van der Waals surface area contributed by atoms with Crippen molar-refractivity contribution in [2.75, 3.05) is 11.9 Å². The zero-order chi connectivity index (χ0) is 15.8. The molecular formula is C15H17FN2O2S. The van der Waals surface area contributed by atoms with E-state index < -0.39 is 11.4 Å². The number of carbonyl (C=O) groups is 1. The van der Waals surface area contributed by atoms with Crippen LogP contribution in [0.3, 0.4) is 0 Å². The van der Waals surface area contributed by atoms with Gasteiger partial charge in [-0.1, -0.05) is 44.2 Å². The summed E-state index contributed by atoms with van der Waals surface area (Å²) in [4.78, 5) is 17.6. The van der Waals surface area contributed by atoms with Crippen molar-refractivity contribution >= 4 is 28.1 Å². The maximum atomic E-state index is 13.8. The molecule has 0 saturated heterocycles. The average Bonchev–Trinajstić information content (AvgIpc) is 2.83. The minimum atomic E-state index is -1.01. The molecule has 0 bridgehead atoms. The molecule has 0 aliphatic rings. The third-order valence-electron chi connectivity index (χ3n) is 3.02. The summed E-state index contributed by atoms with van der Waals surface area (Å²) in [6.45, 7) is 5.71. The number of carboxylic acid groups (broad SMARTS) is 1. The van der Waals surface area contributed by atoms with Gasteiger partial charge in [-0.05, 0) is 12.1 Å². The molecule has 0 aliphatic heterocycles. The Kier molecular flexibility index (Phi) is 4.00. The highest BCUT2D eigenvalue weighted by Crippen LogP contribution is 2.36. The lowest BCUT2D eigenvalue weighted by Gasteiger charge is -2.18. The first kappa shape index (κ1) is 15.4. The second kappa shape index (κ2) is 5.44. The summed E-state index contributed by atoms with van der Waals surface area (Å²) in [6, 6.07) is 6.33. The summed E-state index contributed by atoms with van der Waals surface area (Å²) in [7, 11) is 1.68. The van der Waals surface area contributed by atoms with Crippen molar-refractivity contribution < 1.29 is 14.3 Å². The second-order valence-corrected chi connectivity index (χ2v) is 6.72. The standard InChI is InChI=1S/C15H17FN2O2S/c1-15(2,3)12-11(13(19)20)21-14(17-12)18(4)10-8-6-5-7-9(10)16/h5-8H,1-4H3,(H,19,20). The predicted octanol–water partition coefficient (Wildman–Crippen LogP) is 4.05. The molecule has 0 amide bonds. The monoisotopic (exact) mass is 308 g/mol. The summed E-state index contributed by atoms with van der Waals surface area (Å²) in [5, 5.41) is 9.79. The van der Waals surface area contributed by atoms with Crippen molar-refractivity contribution in [1.29, 1.82) is 0 Å². The van der Waals surface area contributed by atoms with Gasteiger partial charge in [-0.15, -0.1) is 0 Å². The number of benzene rings is 1. The second-order valence-electron chi connectivity index (χ2n) is 5.74. The number of aromatic nitrogens is 1. The Morgan fingerprint density at radius 3 is 2.43 bits per heavy atom. The van der Waals surface area contributed by atoms with Crippen LogP contribution in [-0.4, -0.2) is 23.1 Å². The Morgan fingerprint density at radius 2 is 1.95 bits per heavy atom. The van der Waals surface area contributed by atoms with Gasteiger partial charge in [0.25, 0.3) is 0 Å². The molecule has 2 rings (SSSR count). The number of halogens is 1. The molecule has 0 fully saturated rings. The van der Waals surface area contributed by atoms with Gasteiger partial charge in [0.15, 0.2) is 5.13 Å². The molecule has 0 unspecified atom stereocenters. The van der Waals surface area contributed by atoms with Crippen LogP contribution in [0, 0.1) is 5.82 Å². The van der Waals surface area contributed by atoms with Gasteiger partial charge >= 0.3 is 5.97 Å². The summed E-state index contributed by atoms with van der Waals surface area (Å²) < 4.78 is 13.8. The summed E-state index contributed by atoms with van der Waals surface area (Å²) in [5.41, 5.74) is 0.486. The normalized spacial score (nSPS) is 11.5. The average molecular weight is 308 g/mol. The molecule has 0 saturated carbocycles. The van der Waals surface area contributed by atoms with Crippen LogP contribution in [0.4, 0.5) is 15.2 Å². The maximum absolute atomic E-state index is 13.8. The Hall–Kier alpha value is -1.95. The molecule has 2 aromatic rings. The molecule has 0 spiro atoms. The SMILES string of the molecule is CN(c1nc(C(C)(C)C)c(C(=O)O)s1)c1ccccc1F. The lowest BCUT2D eigenvalue weighted by Crippen LogP contribution is -2.17. The van der Waals surface area contributed by atoms with Gasteiger partial charge < -0.3 is 10.0 Å². The number of para-hydroxylation sites is 1. The molecule has 21 heavy (non-hydrogen) atoms. The number of rotatable bonds is 3. The fourth-order valence-corrected chi connectivity index (χ4v) is 3.02. The fraction of sp³-hybridized carbons (Fsp3) is 0.333. The minimum absolute atomic E-state index is 0.195. The van der Waals surface area contributed by atoms with Gasteiger partial charge in [-0.2, -0.15) is 0 Å². The van der Waals surface area contributed by atoms with Crippen LogP contribution in [-0.2, 0) is 5.41 Å². The molecule has 112 valence electrons. The van der Waals surface area contributed by atoms with E-state index in [1.165, 1.54) is 6.07 Å². The van der Waals surface area contributed by atoms with Gasteiger partial charge in [0.05, 0.1) is 11.4 Å². The van der Waals surface area contributed by atoms with Gasteiger partial charge in [-0.25, -0.2) is 14.2 Å². The Balaban J connectivity index is 2.51. The number of hydrogen-bond donors (Lipinski definition) is 1. The van der Waals surface area contributed by atoms with E-state index in [1.54, 1.807) is 30.1 Å². The number of anilines is 2. The van der Waals surface area contributed by atoms with Crippen LogP contribution in [0.25, 0.3) is 0 Å². The van der Waals surface area contributed by atoms with Crippen LogP contribution in [0.1, 0.15) is 36.1 Å². The van der Waals surface area contributed by atoms with Gasteiger partial charge in [-0.3, -0.25) is 0 Å². The zero-order valence-electron chi connectivity index (χ0n) is 12.3. The molecule has 0 aliphatic carbocycles. The molecule has 0 radical (unpaired) electrons. The van der Waals surface area contributed by atoms with Crippen molar-refractivity contribution in [1.82, 2.24) is 4.98 Å². The van der Waals surface area contributed by atoms with Crippen LogP contribution < -0.4 is 4.90 Å². The Labute approximate surface area is 126 Å². The molecule has 4 nitrogen and oxygen atoms in total. The lowest BCUT2D eigenvalue weighted by molar-refractivity contribution is 0.0699. The highest BCUT2D eigenvalue weighted by atomic mass is 32.1. The summed E-state index contributed by atoms with van der Waals surface area (Å²) >= 11 is 1.05. The topological polar surface area (TPSA) is 53.4 Å². The molecule has 6 heteroatoms. The number of carboxylic acids is 1. The maximum Gasteiger partial charge on any atom is 0.347 e. The smallest absolute Gasteiger partial charge is 0.347 e. The molecule has 1 aromatic heterocycles. The first-order valence-electron chi connectivity index (χ1n) is 6.44. The first-order chi connectivity index (χ1) is 9.71. The van der Waals surface area contributed by atoms with Crippen LogP contribution in [0.2, 0.25) is 0 Å². The first-order valence-corrected chi connectivity index (χ1v) is 7.26. The number of nitrogens with zero attached hydrogens (tertiary/aromatic N) is 2. The Bertz CT molecular complexity index is 677. The van der Waals surface area contributed by atoms with Crippen molar-refractivity contribution in [3.8, 4) is 0 Å². The summed E-state index contributed by atoms with van der Waals surface area (Å²) in [6.07, 6.45) is 0. The van der Waals surface area contributed by atoms with Gasteiger partial charge in [0, 0.05) is 12.5 Å². The molecule has 1 heterocycles. The van der Waals surface area contributed by atoms with E-state index in [-0.39, 0.29) is 10.7 Å². The van der Waals surface area contributed by atoms with E-state index in [0.717, 1.165) is 11.3 Å². The third kappa shape index (κ3) is 3.05. The van der Waals surface area contributed by atoms with Gasteiger partial charge in [0.1, 0.15) is 10.7 Å². The number of hydrogen-bond acceptors (Lipinski definition) is 4. The van der Waals surface area contributed by atoms with Crippen LogP contribution in [0.15, 0.2) is 24.3 Å². The largest absolute Gasteiger partial charge is 0.477 e. The molecular weight excluding hydrogens is 291 g/mol. The van der Waals surface area contributed by atoms with E-state index in [4.69, 9.17) is 0 Å². The van der Waals surface area contributed by atoms with Crippen LogP contribution >= 0.6 is 11.3 Å². The number of thiazole rings is 1. The zero-order valence-corrected chi connectivity index (χ0v) is 13.2. The summed E-state index contributed by atoms with van der Waals surface area (Å²) in [5.74, 6) is -1.38. The minimum Gasteiger partial charge on any atom is -0.477 e. The number of aromatic carboxylic acids is 1.